The minimum Gasteiger partial charge on any atom is -0.508 e. The first-order valence-electron chi connectivity index (χ1n) is 6.68. The highest BCUT2D eigenvalue weighted by Gasteiger charge is 2.39. The maximum Gasteiger partial charge on any atom is 0.232 e. The molecular formula is C15H21NO2. The van der Waals surface area contributed by atoms with E-state index in [1.807, 2.05) is 13.0 Å². The van der Waals surface area contributed by atoms with Gasteiger partial charge in [-0.2, -0.15) is 0 Å². The third kappa shape index (κ3) is 2.35. The summed E-state index contributed by atoms with van der Waals surface area (Å²) in [7, 11) is 0. The van der Waals surface area contributed by atoms with Crippen LogP contribution in [0.5, 0.6) is 5.75 Å². The van der Waals surface area contributed by atoms with Crippen molar-refractivity contribution in [2.75, 3.05) is 11.4 Å². The van der Waals surface area contributed by atoms with E-state index in [0.29, 0.717) is 6.54 Å². The van der Waals surface area contributed by atoms with E-state index in [-0.39, 0.29) is 17.1 Å². The number of hydrogen-bond acceptors (Lipinski definition) is 2. The van der Waals surface area contributed by atoms with Crippen LogP contribution in [0.3, 0.4) is 0 Å². The van der Waals surface area contributed by atoms with Gasteiger partial charge in [-0.25, -0.2) is 0 Å². The largest absolute Gasteiger partial charge is 0.508 e. The summed E-state index contributed by atoms with van der Waals surface area (Å²) in [5.74, 6) is 0.392. The first-order chi connectivity index (χ1) is 8.57. The summed E-state index contributed by atoms with van der Waals surface area (Å²) in [6.45, 7) is 4.67. The Balaban J connectivity index is 2.26. The highest BCUT2D eigenvalue weighted by molar-refractivity contribution is 5.97. The predicted octanol–water partition coefficient (Wildman–Crippen LogP) is 3.33. The monoisotopic (exact) mass is 247 g/mol. The van der Waals surface area contributed by atoms with Crippen molar-refractivity contribution in [3.05, 3.63) is 24.3 Å². The van der Waals surface area contributed by atoms with Crippen molar-refractivity contribution in [1.82, 2.24) is 0 Å². The molecule has 1 amide bonds. The number of anilines is 1. The van der Waals surface area contributed by atoms with Gasteiger partial charge in [-0.3, -0.25) is 4.79 Å². The van der Waals surface area contributed by atoms with Gasteiger partial charge in [0.15, 0.2) is 0 Å². The van der Waals surface area contributed by atoms with Gasteiger partial charge in [0.2, 0.25) is 5.91 Å². The second kappa shape index (κ2) is 5.01. The lowest BCUT2D eigenvalue weighted by Crippen LogP contribution is -2.41. The number of aromatic hydroxyl groups is 1. The van der Waals surface area contributed by atoms with Gasteiger partial charge in [0.25, 0.3) is 0 Å². The Morgan fingerprint density at radius 1 is 1.39 bits per heavy atom. The second-order valence-electron chi connectivity index (χ2n) is 5.34. The van der Waals surface area contributed by atoms with Gasteiger partial charge in [0.05, 0.1) is 0 Å². The fourth-order valence-electron chi connectivity index (χ4n) is 2.80. The molecule has 18 heavy (non-hydrogen) atoms. The fourth-order valence-corrected chi connectivity index (χ4v) is 2.80. The molecular weight excluding hydrogens is 226 g/mol. The van der Waals surface area contributed by atoms with Crippen molar-refractivity contribution in [3.63, 3.8) is 0 Å². The molecule has 0 aliphatic heterocycles. The molecule has 1 aromatic rings. The molecule has 0 heterocycles. The van der Waals surface area contributed by atoms with Gasteiger partial charge in [0.1, 0.15) is 5.75 Å². The molecule has 1 fully saturated rings. The number of carbonyl (C=O) groups excluding carboxylic acids is 1. The third-order valence-electron chi connectivity index (χ3n) is 3.93. The SMILES string of the molecule is CCN(C(=O)C1(C)CCCC1)c1cccc(O)c1. The predicted molar refractivity (Wildman–Crippen MR) is 72.7 cm³/mol. The summed E-state index contributed by atoms with van der Waals surface area (Å²) in [6, 6.07) is 6.93. The molecule has 1 aliphatic carbocycles. The summed E-state index contributed by atoms with van der Waals surface area (Å²) in [5.41, 5.74) is 0.567. The molecule has 3 heteroatoms. The minimum absolute atomic E-state index is 0.188. The van der Waals surface area contributed by atoms with Crippen LogP contribution < -0.4 is 4.90 Å². The summed E-state index contributed by atoms with van der Waals surface area (Å²) in [4.78, 5) is 14.4. The number of hydrogen-bond donors (Lipinski definition) is 1. The van der Waals surface area contributed by atoms with E-state index < -0.39 is 0 Å². The van der Waals surface area contributed by atoms with Crippen molar-refractivity contribution < 1.29 is 9.90 Å². The van der Waals surface area contributed by atoms with E-state index in [1.54, 1.807) is 23.1 Å². The van der Waals surface area contributed by atoms with E-state index in [2.05, 4.69) is 6.92 Å². The van der Waals surface area contributed by atoms with Gasteiger partial charge in [-0.05, 0) is 31.9 Å². The zero-order valence-electron chi connectivity index (χ0n) is 11.1. The zero-order valence-corrected chi connectivity index (χ0v) is 11.1. The molecule has 3 nitrogen and oxygen atoms in total. The molecule has 0 saturated heterocycles. The molecule has 0 spiro atoms. The van der Waals surface area contributed by atoms with Gasteiger partial charge >= 0.3 is 0 Å². The van der Waals surface area contributed by atoms with Gasteiger partial charge in [-0.1, -0.05) is 25.8 Å². The van der Waals surface area contributed by atoms with Crippen molar-refractivity contribution in [2.24, 2.45) is 5.41 Å². The lowest BCUT2D eigenvalue weighted by atomic mass is 9.87. The average Bonchev–Trinajstić information content (AvgIpc) is 2.78. The number of rotatable bonds is 3. The van der Waals surface area contributed by atoms with Crippen molar-refractivity contribution >= 4 is 11.6 Å². The van der Waals surface area contributed by atoms with E-state index in [1.165, 1.54) is 0 Å². The quantitative estimate of drug-likeness (QED) is 0.890. The highest BCUT2D eigenvalue weighted by atomic mass is 16.3. The normalized spacial score (nSPS) is 17.7. The Morgan fingerprint density at radius 3 is 2.61 bits per heavy atom. The summed E-state index contributed by atoms with van der Waals surface area (Å²) in [5, 5.41) is 9.53. The Morgan fingerprint density at radius 2 is 2.06 bits per heavy atom. The Labute approximate surface area is 108 Å². The van der Waals surface area contributed by atoms with E-state index in [4.69, 9.17) is 0 Å². The zero-order chi connectivity index (χ0) is 13.2. The third-order valence-corrected chi connectivity index (χ3v) is 3.93. The minimum atomic E-state index is -0.221. The first kappa shape index (κ1) is 12.9. The lowest BCUT2D eigenvalue weighted by molar-refractivity contribution is -0.127. The lowest BCUT2D eigenvalue weighted by Gasteiger charge is -2.31. The average molecular weight is 247 g/mol. The molecule has 98 valence electrons. The second-order valence-corrected chi connectivity index (χ2v) is 5.34. The molecule has 0 radical (unpaired) electrons. The highest BCUT2D eigenvalue weighted by Crippen LogP contribution is 2.40. The molecule has 1 aliphatic rings. The van der Waals surface area contributed by atoms with E-state index in [0.717, 1.165) is 31.4 Å². The summed E-state index contributed by atoms with van der Waals surface area (Å²) in [6.07, 6.45) is 4.22. The van der Waals surface area contributed by atoms with Crippen molar-refractivity contribution in [1.29, 1.82) is 0 Å². The molecule has 1 N–H and O–H groups in total. The molecule has 0 atom stereocenters. The fraction of sp³-hybridized carbons (Fsp3) is 0.533. The van der Waals surface area contributed by atoms with E-state index in [9.17, 15) is 9.90 Å². The molecule has 0 aromatic heterocycles. The molecule has 1 saturated carbocycles. The number of carbonyl (C=O) groups is 1. The maximum absolute atomic E-state index is 12.7. The number of amides is 1. The van der Waals surface area contributed by atoms with Gasteiger partial charge in [-0.15, -0.1) is 0 Å². The molecule has 0 unspecified atom stereocenters. The van der Waals surface area contributed by atoms with Crippen molar-refractivity contribution in [3.8, 4) is 5.75 Å². The van der Waals surface area contributed by atoms with Crippen LogP contribution in [-0.2, 0) is 4.79 Å². The maximum atomic E-state index is 12.7. The Bertz CT molecular complexity index is 436. The summed E-state index contributed by atoms with van der Waals surface area (Å²) >= 11 is 0. The topological polar surface area (TPSA) is 40.5 Å². The first-order valence-corrected chi connectivity index (χ1v) is 6.68. The van der Waals surface area contributed by atoms with Crippen LogP contribution in [0.4, 0.5) is 5.69 Å². The number of nitrogens with zero attached hydrogens (tertiary/aromatic N) is 1. The van der Waals surface area contributed by atoms with E-state index >= 15 is 0 Å². The Kier molecular flexibility index (Phi) is 3.60. The smallest absolute Gasteiger partial charge is 0.232 e. The molecule has 2 rings (SSSR count). The molecule has 0 bridgehead atoms. The standard InChI is InChI=1S/C15H21NO2/c1-3-16(12-7-6-8-13(17)11-12)14(18)15(2)9-4-5-10-15/h6-8,11,17H,3-5,9-10H2,1-2H3. The number of phenols is 1. The van der Waals surface area contributed by atoms with Crippen LogP contribution in [0.15, 0.2) is 24.3 Å². The van der Waals surface area contributed by atoms with Crippen LogP contribution in [-0.4, -0.2) is 17.6 Å². The molecule has 1 aromatic carbocycles. The summed E-state index contributed by atoms with van der Waals surface area (Å²) < 4.78 is 0. The Hall–Kier alpha value is -1.51. The van der Waals surface area contributed by atoms with Gasteiger partial charge < -0.3 is 10.0 Å². The van der Waals surface area contributed by atoms with Gasteiger partial charge in [0, 0.05) is 23.7 Å². The van der Waals surface area contributed by atoms with Crippen LogP contribution in [0, 0.1) is 5.41 Å². The number of benzene rings is 1. The van der Waals surface area contributed by atoms with Crippen molar-refractivity contribution in [2.45, 2.75) is 39.5 Å². The van der Waals surface area contributed by atoms with Crippen LogP contribution in [0.1, 0.15) is 39.5 Å². The van der Waals surface area contributed by atoms with Crippen LogP contribution in [0.2, 0.25) is 0 Å². The van der Waals surface area contributed by atoms with Crippen LogP contribution >= 0.6 is 0 Å². The number of phenolic OH excluding ortho intramolecular Hbond substituents is 1. The van der Waals surface area contributed by atoms with Crippen LogP contribution in [0.25, 0.3) is 0 Å².